The summed E-state index contributed by atoms with van der Waals surface area (Å²) in [5.41, 5.74) is 6.92. The summed E-state index contributed by atoms with van der Waals surface area (Å²) in [7, 11) is 0. The van der Waals surface area contributed by atoms with Gasteiger partial charge in [-0.25, -0.2) is 5.43 Å². The van der Waals surface area contributed by atoms with Crippen LogP contribution in [0.1, 0.15) is 20.3 Å². The van der Waals surface area contributed by atoms with Crippen LogP contribution in [0.2, 0.25) is 0 Å². The van der Waals surface area contributed by atoms with E-state index in [1.165, 1.54) is 5.57 Å². The molecule has 2 atom stereocenters. The Balaban J connectivity index is 2.55. The van der Waals surface area contributed by atoms with E-state index >= 15 is 0 Å². The van der Waals surface area contributed by atoms with E-state index in [1.807, 2.05) is 0 Å². The lowest BCUT2D eigenvalue weighted by molar-refractivity contribution is 0.442. The van der Waals surface area contributed by atoms with Crippen LogP contribution in [0.15, 0.2) is 23.8 Å². The highest BCUT2D eigenvalue weighted by atomic mass is 15.5. The van der Waals surface area contributed by atoms with Crippen molar-refractivity contribution in [3.05, 3.63) is 23.8 Å². The van der Waals surface area contributed by atoms with Crippen molar-refractivity contribution in [2.45, 2.75) is 26.3 Å². The van der Waals surface area contributed by atoms with Gasteiger partial charge in [-0.1, -0.05) is 25.2 Å². The summed E-state index contributed by atoms with van der Waals surface area (Å²) in [4.78, 5) is 0. The Kier molecular flexibility index (Phi) is 5.57. The number of rotatable bonds is 6. The van der Waals surface area contributed by atoms with Crippen LogP contribution >= 0.6 is 0 Å². The molecule has 0 spiro atoms. The first-order valence-corrected chi connectivity index (χ1v) is 5.58. The molecule has 4 heteroatoms. The third-order valence-corrected chi connectivity index (χ3v) is 2.76. The van der Waals surface area contributed by atoms with Crippen LogP contribution in [0.5, 0.6) is 0 Å². The van der Waals surface area contributed by atoms with E-state index in [1.54, 1.807) is 0 Å². The second-order valence-corrected chi connectivity index (χ2v) is 3.85. The molecule has 0 heterocycles. The minimum absolute atomic E-state index is 0.267. The topological polar surface area (TPSA) is 62.1 Å². The summed E-state index contributed by atoms with van der Waals surface area (Å²) in [6.07, 6.45) is 7.62. The molecular formula is C11H22N4. The van der Waals surface area contributed by atoms with Gasteiger partial charge in [0.15, 0.2) is 0 Å². The molecule has 0 aromatic rings. The Bertz CT molecular complexity index is 235. The van der Waals surface area contributed by atoms with Crippen molar-refractivity contribution in [2.75, 3.05) is 13.1 Å². The quantitative estimate of drug-likeness (QED) is 0.380. The Morgan fingerprint density at radius 3 is 3.07 bits per heavy atom. The molecule has 0 saturated heterocycles. The fourth-order valence-corrected chi connectivity index (χ4v) is 1.92. The fraction of sp³-hybridized carbons (Fsp3) is 0.636. The molecule has 0 fully saturated rings. The third-order valence-electron chi connectivity index (χ3n) is 2.76. The molecule has 1 rings (SSSR count). The fourth-order valence-electron chi connectivity index (χ4n) is 1.92. The Morgan fingerprint density at radius 1 is 1.60 bits per heavy atom. The highest BCUT2D eigenvalue weighted by Crippen LogP contribution is 2.22. The highest BCUT2D eigenvalue weighted by molar-refractivity contribution is 5.25. The molecule has 0 aromatic carbocycles. The first-order valence-electron chi connectivity index (χ1n) is 5.58. The third kappa shape index (κ3) is 3.76. The average Bonchev–Trinajstić information content (AvgIpc) is 2.27. The highest BCUT2D eigenvalue weighted by Gasteiger charge is 2.19. The van der Waals surface area contributed by atoms with Crippen LogP contribution in [0.3, 0.4) is 0 Å². The zero-order valence-electron chi connectivity index (χ0n) is 9.59. The molecule has 0 amide bonds. The standard InChI is InChI=1S/C11H22N4/c1-3-13-8-10-6-4-5-7-11(10)9(2)14-15-12/h4-5,7,9-10,13-15H,3,6,8,12H2,1-2H3. The van der Waals surface area contributed by atoms with Gasteiger partial charge in [-0.05, 0) is 31.4 Å². The predicted molar refractivity (Wildman–Crippen MR) is 63.8 cm³/mol. The monoisotopic (exact) mass is 210 g/mol. The largest absolute Gasteiger partial charge is 0.316 e. The smallest absolute Gasteiger partial charge is 0.0413 e. The molecule has 1 aliphatic rings. The lowest BCUT2D eigenvalue weighted by Gasteiger charge is -2.27. The van der Waals surface area contributed by atoms with Gasteiger partial charge in [0.2, 0.25) is 0 Å². The lowest BCUT2D eigenvalue weighted by Crippen LogP contribution is -2.46. The normalized spacial score (nSPS) is 22.6. The van der Waals surface area contributed by atoms with E-state index < -0.39 is 0 Å². The molecular weight excluding hydrogens is 188 g/mol. The molecule has 5 N–H and O–H groups in total. The van der Waals surface area contributed by atoms with Crippen molar-refractivity contribution < 1.29 is 0 Å². The van der Waals surface area contributed by atoms with Crippen molar-refractivity contribution in [2.24, 2.45) is 11.8 Å². The van der Waals surface area contributed by atoms with Gasteiger partial charge in [0.1, 0.15) is 0 Å². The van der Waals surface area contributed by atoms with Gasteiger partial charge >= 0.3 is 0 Å². The van der Waals surface area contributed by atoms with E-state index in [2.05, 4.69) is 48.4 Å². The summed E-state index contributed by atoms with van der Waals surface area (Å²) in [6, 6.07) is 0.267. The molecule has 15 heavy (non-hydrogen) atoms. The van der Waals surface area contributed by atoms with Gasteiger partial charge in [-0.2, -0.15) is 5.53 Å². The molecule has 86 valence electrons. The molecule has 1 aliphatic carbocycles. The van der Waals surface area contributed by atoms with Crippen LogP contribution in [-0.2, 0) is 0 Å². The van der Waals surface area contributed by atoms with E-state index in [0.717, 1.165) is 19.5 Å². The first-order chi connectivity index (χ1) is 7.29. The van der Waals surface area contributed by atoms with Crippen LogP contribution in [0, 0.1) is 5.92 Å². The summed E-state index contributed by atoms with van der Waals surface area (Å²) in [5, 5.41) is 3.39. The number of hydrogen-bond donors (Lipinski definition) is 4. The van der Waals surface area contributed by atoms with E-state index in [9.17, 15) is 0 Å². The number of hydrogen-bond acceptors (Lipinski definition) is 4. The van der Waals surface area contributed by atoms with Gasteiger partial charge in [0.25, 0.3) is 0 Å². The minimum Gasteiger partial charge on any atom is -0.316 e. The van der Waals surface area contributed by atoms with E-state index in [0.29, 0.717) is 5.92 Å². The molecule has 0 radical (unpaired) electrons. The maximum Gasteiger partial charge on any atom is 0.0413 e. The van der Waals surface area contributed by atoms with Gasteiger partial charge in [0, 0.05) is 12.6 Å². The minimum atomic E-state index is 0.267. The molecule has 0 aliphatic heterocycles. The van der Waals surface area contributed by atoms with Crippen molar-refractivity contribution in [3.8, 4) is 0 Å². The van der Waals surface area contributed by atoms with E-state index in [4.69, 9.17) is 5.84 Å². The molecule has 2 unspecified atom stereocenters. The lowest BCUT2D eigenvalue weighted by atomic mass is 9.87. The zero-order chi connectivity index (χ0) is 11.1. The van der Waals surface area contributed by atoms with Gasteiger partial charge in [0.05, 0.1) is 0 Å². The number of nitrogens with two attached hydrogens (primary N) is 1. The van der Waals surface area contributed by atoms with Gasteiger partial charge in [-0.15, -0.1) is 0 Å². The van der Waals surface area contributed by atoms with Crippen molar-refractivity contribution >= 4 is 0 Å². The maximum absolute atomic E-state index is 5.26. The average molecular weight is 210 g/mol. The van der Waals surface area contributed by atoms with Crippen LogP contribution in [0.25, 0.3) is 0 Å². The number of allylic oxidation sites excluding steroid dienone is 3. The number of nitrogens with one attached hydrogen (secondary N) is 3. The second kappa shape index (κ2) is 6.74. The van der Waals surface area contributed by atoms with Crippen LogP contribution in [0.4, 0.5) is 0 Å². The van der Waals surface area contributed by atoms with Gasteiger partial charge < -0.3 is 5.32 Å². The summed E-state index contributed by atoms with van der Waals surface area (Å²) >= 11 is 0. The van der Waals surface area contributed by atoms with Crippen LogP contribution in [-0.4, -0.2) is 19.1 Å². The molecule has 0 saturated carbocycles. The molecule has 0 aromatic heterocycles. The summed E-state index contributed by atoms with van der Waals surface area (Å²) in [6.45, 7) is 6.29. The van der Waals surface area contributed by atoms with Crippen molar-refractivity contribution in [1.29, 1.82) is 0 Å². The maximum atomic E-state index is 5.26. The summed E-state index contributed by atoms with van der Waals surface area (Å²) in [5.74, 6) is 5.83. The van der Waals surface area contributed by atoms with Crippen LogP contribution < -0.4 is 22.1 Å². The Labute approximate surface area is 91.9 Å². The summed E-state index contributed by atoms with van der Waals surface area (Å²) < 4.78 is 0. The first kappa shape index (κ1) is 12.4. The molecule has 4 nitrogen and oxygen atoms in total. The predicted octanol–water partition coefficient (Wildman–Crippen LogP) is 0.455. The second-order valence-electron chi connectivity index (χ2n) is 3.85. The SMILES string of the molecule is CCNCC1CC=CC=C1C(C)NNN. The van der Waals surface area contributed by atoms with Crippen molar-refractivity contribution in [3.63, 3.8) is 0 Å². The zero-order valence-corrected chi connectivity index (χ0v) is 9.59. The van der Waals surface area contributed by atoms with Crippen molar-refractivity contribution in [1.82, 2.24) is 16.3 Å². The Morgan fingerprint density at radius 2 is 2.40 bits per heavy atom. The number of hydrazine groups is 2. The van der Waals surface area contributed by atoms with E-state index in [-0.39, 0.29) is 6.04 Å². The Hall–Kier alpha value is -0.680. The van der Waals surface area contributed by atoms with Gasteiger partial charge in [-0.3, -0.25) is 5.84 Å². The molecule has 0 bridgehead atoms.